The second-order valence-corrected chi connectivity index (χ2v) is 9.36. The van der Waals surface area contributed by atoms with Gasteiger partial charge in [0.15, 0.2) is 16.2 Å². The Morgan fingerprint density at radius 3 is 1.90 bits per heavy atom. The summed E-state index contributed by atoms with van der Waals surface area (Å²) in [4.78, 5) is 0. The van der Waals surface area contributed by atoms with E-state index < -0.39 is 26.4 Å². The van der Waals surface area contributed by atoms with Crippen molar-refractivity contribution < 1.29 is 23.2 Å². The van der Waals surface area contributed by atoms with Crippen molar-refractivity contribution >= 4 is 56.5 Å². The van der Waals surface area contributed by atoms with Gasteiger partial charge in [-0.25, -0.2) is 0 Å². The summed E-state index contributed by atoms with van der Waals surface area (Å²) in [7, 11) is -5.05. The summed E-state index contributed by atoms with van der Waals surface area (Å²) < 4.78 is 34.0. The fraction of sp³-hybridized carbons (Fsp3) is 0.0526. The average Bonchev–Trinajstić information content (AvgIpc) is 2.60. The van der Waals surface area contributed by atoms with E-state index in [1.54, 1.807) is 0 Å². The molecule has 3 N–H and O–H groups in total. The summed E-state index contributed by atoms with van der Waals surface area (Å²) >= 11 is 24.6. The molecule has 0 saturated heterocycles. The van der Waals surface area contributed by atoms with Gasteiger partial charge in [0.25, 0.3) is 10.1 Å². The van der Waals surface area contributed by atoms with Crippen LogP contribution in [0.15, 0.2) is 54.6 Å². The van der Waals surface area contributed by atoms with Gasteiger partial charge in [-0.15, -0.1) is 0 Å². The van der Waals surface area contributed by atoms with Crippen molar-refractivity contribution in [3.8, 4) is 11.5 Å². The molecule has 0 aliphatic heterocycles. The summed E-state index contributed by atoms with van der Waals surface area (Å²) in [6, 6.07) is 11.6. The second-order valence-electron chi connectivity index (χ2n) is 6.11. The molecule has 0 aliphatic rings. The van der Waals surface area contributed by atoms with Crippen molar-refractivity contribution in [2.75, 3.05) is 0 Å². The number of aromatic hydroxyl groups is 2. The van der Waals surface area contributed by atoms with Gasteiger partial charge in [0, 0.05) is 32.3 Å². The van der Waals surface area contributed by atoms with E-state index in [0.717, 1.165) is 12.1 Å². The molecule has 0 bridgehead atoms. The molecular weight excluding hydrogens is 482 g/mol. The Bertz CT molecular complexity index is 1210. The molecule has 1 atom stereocenters. The highest BCUT2D eigenvalue weighted by atomic mass is 35.5. The third-order valence-electron chi connectivity index (χ3n) is 4.37. The monoisotopic (exact) mass is 492 g/mol. The maximum atomic E-state index is 13.0. The van der Waals surface area contributed by atoms with Gasteiger partial charge >= 0.3 is 0 Å². The highest BCUT2D eigenvalue weighted by molar-refractivity contribution is 7.87. The molecule has 3 rings (SSSR count). The predicted octanol–water partition coefficient (Wildman–Crippen LogP) is 5.89. The Hall–Kier alpha value is -1.67. The topological polar surface area (TPSA) is 94.8 Å². The van der Waals surface area contributed by atoms with Crippen molar-refractivity contribution in [2.24, 2.45) is 0 Å². The SMILES string of the molecule is O=S(=O)(O)C(c1cccc(Cl)c1)(c1ccc(Cl)cc1Cl)c1cc(O)c(O)cc1Cl. The molecule has 152 valence electrons. The van der Waals surface area contributed by atoms with Crippen molar-refractivity contribution in [2.45, 2.75) is 4.75 Å². The molecule has 0 heterocycles. The third-order valence-corrected chi connectivity index (χ3v) is 6.92. The Morgan fingerprint density at radius 1 is 0.724 bits per heavy atom. The first-order chi connectivity index (χ1) is 13.5. The largest absolute Gasteiger partial charge is 0.504 e. The summed E-state index contributed by atoms with van der Waals surface area (Å²) in [6.45, 7) is 0. The Balaban J connectivity index is 2.61. The zero-order valence-corrected chi connectivity index (χ0v) is 18.1. The van der Waals surface area contributed by atoms with Gasteiger partial charge in [-0.1, -0.05) is 64.6 Å². The number of halogens is 4. The lowest BCUT2D eigenvalue weighted by Gasteiger charge is -2.34. The van der Waals surface area contributed by atoms with Crippen LogP contribution < -0.4 is 0 Å². The van der Waals surface area contributed by atoms with Gasteiger partial charge in [-0.05, 0) is 35.9 Å². The highest BCUT2D eigenvalue weighted by Gasteiger charge is 2.51. The van der Waals surface area contributed by atoms with Crippen LogP contribution in [0.5, 0.6) is 11.5 Å². The van der Waals surface area contributed by atoms with E-state index in [0.29, 0.717) is 0 Å². The number of rotatable bonds is 4. The lowest BCUT2D eigenvalue weighted by atomic mass is 9.83. The zero-order valence-electron chi connectivity index (χ0n) is 14.3. The van der Waals surface area contributed by atoms with Gasteiger partial charge in [0.2, 0.25) is 0 Å². The second kappa shape index (κ2) is 7.87. The average molecular weight is 494 g/mol. The maximum absolute atomic E-state index is 13.0. The maximum Gasteiger partial charge on any atom is 0.283 e. The summed E-state index contributed by atoms with van der Waals surface area (Å²) in [5, 5.41) is 19.9. The summed E-state index contributed by atoms with van der Waals surface area (Å²) in [5.74, 6) is -1.22. The Morgan fingerprint density at radius 2 is 1.31 bits per heavy atom. The normalized spacial score (nSPS) is 13.8. The first-order valence-electron chi connectivity index (χ1n) is 7.89. The zero-order chi connectivity index (χ0) is 21.6. The Kier molecular flexibility index (Phi) is 5.98. The quantitative estimate of drug-likeness (QED) is 0.239. The van der Waals surface area contributed by atoms with Crippen LogP contribution >= 0.6 is 46.4 Å². The first kappa shape index (κ1) is 22.0. The van der Waals surface area contributed by atoms with Crippen LogP contribution in [-0.4, -0.2) is 23.2 Å². The number of phenols is 2. The molecule has 0 saturated carbocycles. The van der Waals surface area contributed by atoms with Gasteiger partial charge in [-0.2, -0.15) is 8.42 Å². The molecule has 1 unspecified atom stereocenters. The third kappa shape index (κ3) is 3.77. The van der Waals surface area contributed by atoms with Crippen molar-refractivity contribution in [3.05, 3.63) is 91.4 Å². The van der Waals surface area contributed by atoms with E-state index in [4.69, 9.17) is 46.4 Å². The molecule has 0 fully saturated rings. The summed E-state index contributed by atoms with van der Waals surface area (Å²) in [5.41, 5.74) is -0.326. The van der Waals surface area contributed by atoms with Gasteiger partial charge in [0.05, 0.1) is 5.02 Å². The molecule has 0 amide bonds. The standard InChI is InChI=1S/C19H12Cl4O5S/c20-11-3-1-2-10(6-11)19(29(26,27)28,13-5-4-12(21)7-15(13)22)14-8-17(24)18(25)9-16(14)23/h1-9,24-25H,(H,26,27,28). The number of hydrogen-bond acceptors (Lipinski definition) is 4. The van der Waals surface area contributed by atoms with Crippen molar-refractivity contribution in [3.63, 3.8) is 0 Å². The molecule has 3 aromatic rings. The number of benzene rings is 3. The molecule has 0 radical (unpaired) electrons. The smallest absolute Gasteiger partial charge is 0.283 e. The molecule has 5 nitrogen and oxygen atoms in total. The first-order valence-corrected chi connectivity index (χ1v) is 10.8. The van der Waals surface area contributed by atoms with Crippen LogP contribution in [0.25, 0.3) is 0 Å². The molecule has 29 heavy (non-hydrogen) atoms. The lowest BCUT2D eigenvalue weighted by Crippen LogP contribution is -2.38. The van der Waals surface area contributed by atoms with E-state index >= 15 is 0 Å². The molecule has 0 aromatic heterocycles. The van der Waals surface area contributed by atoms with Crippen LogP contribution in [0.4, 0.5) is 0 Å². The summed E-state index contributed by atoms with van der Waals surface area (Å²) in [6.07, 6.45) is 0. The fourth-order valence-corrected chi connectivity index (χ4v) is 5.67. The fourth-order valence-electron chi connectivity index (χ4n) is 3.19. The molecule has 10 heteroatoms. The number of hydrogen-bond donors (Lipinski definition) is 3. The van der Waals surface area contributed by atoms with Crippen molar-refractivity contribution in [1.29, 1.82) is 0 Å². The lowest BCUT2D eigenvalue weighted by molar-refractivity contribution is 0.402. The minimum Gasteiger partial charge on any atom is -0.504 e. The predicted molar refractivity (Wildman–Crippen MR) is 114 cm³/mol. The van der Waals surface area contributed by atoms with Crippen LogP contribution in [0.2, 0.25) is 20.1 Å². The van der Waals surface area contributed by atoms with Crippen LogP contribution in [0, 0.1) is 0 Å². The molecule has 3 aromatic carbocycles. The van der Waals surface area contributed by atoms with E-state index in [-0.39, 0.29) is 36.8 Å². The number of phenolic OH excluding ortho intramolecular Hbond substituents is 2. The van der Waals surface area contributed by atoms with E-state index in [1.165, 1.54) is 42.5 Å². The van der Waals surface area contributed by atoms with Crippen molar-refractivity contribution in [1.82, 2.24) is 0 Å². The van der Waals surface area contributed by atoms with E-state index in [1.807, 2.05) is 0 Å². The van der Waals surface area contributed by atoms with Gasteiger partial charge in [0.1, 0.15) is 0 Å². The van der Waals surface area contributed by atoms with Crippen LogP contribution in [0.3, 0.4) is 0 Å². The molecular formula is C19H12Cl4O5S. The Labute approximate surface area is 186 Å². The molecule has 0 spiro atoms. The minimum atomic E-state index is -5.05. The van der Waals surface area contributed by atoms with E-state index in [2.05, 4.69) is 0 Å². The highest BCUT2D eigenvalue weighted by Crippen LogP contribution is 2.51. The van der Waals surface area contributed by atoms with E-state index in [9.17, 15) is 23.2 Å². The molecule has 0 aliphatic carbocycles. The van der Waals surface area contributed by atoms with Crippen LogP contribution in [-0.2, 0) is 14.9 Å². The van der Waals surface area contributed by atoms with Crippen LogP contribution in [0.1, 0.15) is 16.7 Å². The minimum absolute atomic E-state index is 0.00344. The van der Waals surface area contributed by atoms with Gasteiger partial charge < -0.3 is 10.2 Å². The van der Waals surface area contributed by atoms with Gasteiger partial charge in [-0.3, -0.25) is 4.55 Å².